The molecule has 130 valence electrons. The average Bonchev–Trinajstić information content (AvgIpc) is 3.14. The smallest absolute Gasteiger partial charge is 0.302 e. The number of esters is 1. The summed E-state index contributed by atoms with van der Waals surface area (Å²) in [6, 6.07) is 0. The lowest BCUT2D eigenvalue weighted by atomic mass is 9.67. The minimum Gasteiger partial charge on any atom is -0.462 e. The second-order valence-electron chi connectivity index (χ2n) is 9.24. The van der Waals surface area contributed by atoms with Crippen molar-refractivity contribution in [2.75, 3.05) is 11.5 Å². The highest BCUT2D eigenvalue weighted by molar-refractivity contribution is 8.21. The molecule has 1 spiro atoms. The standard InChI is InChI=1S/C19H30O2S2/c1-11-14-13(10-19(11)22-8-9-23-19)16(21-12(2)20)18(5)7-6-17(3,4)15(14)18/h11,13-16H,6-10H2,1-5H3. The van der Waals surface area contributed by atoms with Crippen LogP contribution in [0.25, 0.3) is 0 Å². The van der Waals surface area contributed by atoms with Gasteiger partial charge in [0.25, 0.3) is 0 Å². The van der Waals surface area contributed by atoms with Crippen molar-refractivity contribution in [3.63, 3.8) is 0 Å². The summed E-state index contributed by atoms with van der Waals surface area (Å²) in [7, 11) is 0. The van der Waals surface area contributed by atoms with Crippen LogP contribution in [0.15, 0.2) is 0 Å². The highest BCUT2D eigenvalue weighted by Crippen LogP contribution is 2.75. The second kappa shape index (κ2) is 5.09. The Morgan fingerprint density at radius 3 is 2.39 bits per heavy atom. The minimum atomic E-state index is -0.0827. The first-order valence-electron chi connectivity index (χ1n) is 9.16. The molecule has 2 nitrogen and oxygen atoms in total. The molecular formula is C19H30O2S2. The molecule has 6 atom stereocenters. The van der Waals surface area contributed by atoms with Gasteiger partial charge >= 0.3 is 5.97 Å². The summed E-state index contributed by atoms with van der Waals surface area (Å²) in [6.45, 7) is 11.4. The molecule has 4 aliphatic rings. The van der Waals surface area contributed by atoms with Gasteiger partial charge in [0.15, 0.2) is 0 Å². The van der Waals surface area contributed by atoms with Crippen LogP contribution in [0.3, 0.4) is 0 Å². The van der Waals surface area contributed by atoms with E-state index in [4.69, 9.17) is 4.74 Å². The molecule has 4 heteroatoms. The van der Waals surface area contributed by atoms with Gasteiger partial charge in [0.1, 0.15) is 6.10 Å². The fraction of sp³-hybridized carbons (Fsp3) is 0.947. The third-order valence-electron chi connectivity index (χ3n) is 7.64. The number of carbonyl (C=O) groups is 1. The predicted molar refractivity (Wildman–Crippen MR) is 98.6 cm³/mol. The maximum absolute atomic E-state index is 11.8. The van der Waals surface area contributed by atoms with Crippen LogP contribution in [0.1, 0.15) is 53.9 Å². The van der Waals surface area contributed by atoms with Gasteiger partial charge in [0.05, 0.1) is 4.08 Å². The number of carbonyl (C=O) groups excluding carboxylic acids is 1. The van der Waals surface area contributed by atoms with E-state index in [1.807, 2.05) is 0 Å². The van der Waals surface area contributed by atoms with Crippen LogP contribution in [0, 0.1) is 34.5 Å². The molecule has 0 aromatic carbocycles. The normalized spacial score (nSPS) is 49.3. The van der Waals surface area contributed by atoms with Gasteiger partial charge < -0.3 is 4.74 Å². The van der Waals surface area contributed by atoms with E-state index in [-0.39, 0.29) is 17.5 Å². The van der Waals surface area contributed by atoms with Crippen LogP contribution in [0.5, 0.6) is 0 Å². The van der Waals surface area contributed by atoms with Crippen LogP contribution in [-0.2, 0) is 9.53 Å². The Labute approximate surface area is 149 Å². The summed E-state index contributed by atoms with van der Waals surface area (Å²) in [6.07, 6.45) is 3.87. The first-order valence-corrected chi connectivity index (χ1v) is 11.1. The minimum absolute atomic E-state index is 0.0827. The molecule has 0 aromatic rings. The molecule has 4 fully saturated rings. The number of thioether (sulfide) groups is 2. The molecule has 1 aliphatic heterocycles. The fourth-order valence-corrected chi connectivity index (χ4v) is 10.6. The summed E-state index contributed by atoms with van der Waals surface area (Å²) in [4.78, 5) is 11.8. The zero-order valence-corrected chi connectivity index (χ0v) is 16.7. The maximum Gasteiger partial charge on any atom is 0.302 e. The van der Waals surface area contributed by atoms with Crippen LogP contribution >= 0.6 is 23.5 Å². The number of fused-ring (bicyclic) bond motifs is 3. The van der Waals surface area contributed by atoms with Gasteiger partial charge in [-0.25, -0.2) is 0 Å². The van der Waals surface area contributed by atoms with Gasteiger partial charge in [-0.2, -0.15) is 0 Å². The average molecular weight is 355 g/mol. The summed E-state index contributed by atoms with van der Waals surface area (Å²) in [5.74, 6) is 5.21. The summed E-state index contributed by atoms with van der Waals surface area (Å²) < 4.78 is 6.43. The van der Waals surface area contributed by atoms with Crippen molar-refractivity contribution in [1.82, 2.24) is 0 Å². The van der Waals surface area contributed by atoms with Crippen molar-refractivity contribution < 1.29 is 9.53 Å². The van der Waals surface area contributed by atoms with Crippen LogP contribution < -0.4 is 0 Å². The Bertz CT molecular complexity index is 525. The molecule has 0 N–H and O–H groups in total. The molecule has 0 amide bonds. The van der Waals surface area contributed by atoms with Crippen molar-refractivity contribution in [3.05, 3.63) is 0 Å². The molecule has 3 saturated carbocycles. The lowest BCUT2D eigenvalue weighted by Gasteiger charge is -2.41. The molecule has 0 radical (unpaired) electrons. The van der Waals surface area contributed by atoms with E-state index in [9.17, 15) is 4.79 Å². The van der Waals surface area contributed by atoms with E-state index in [0.717, 1.165) is 11.8 Å². The molecule has 6 unspecified atom stereocenters. The monoisotopic (exact) mass is 354 g/mol. The van der Waals surface area contributed by atoms with Crippen molar-refractivity contribution in [3.8, 4) is 0 Å². The van der Waals surface area contributed by atoms with Crippen LogP contribution in [0.4, 0.5) is 0 Å². The van der Waals surface area contributed by atoms with E-state index in [1.165, 1.54) is 30.8 Å². The number of hydrogen-bond donors (Lipinski definition) is 0. The number of hydrogen-bond acceptors (Lipinski definition) is 4. The maximum atomic E-state index is 11.8. The largest absolute Gasteiger partial charge is 0.462 e. The molecular weight excluding hydrogens is 324 g/mol. The fourth-order valence-electron chi connectivity index (χ4n) is 6.98. The number of rotatable bonds is 1. The highest BCUT2D eigenvalue weighted by Gasteiger charge is 2.72. The third-order valence-corrected chi connectivity index (χ3v) is 11.5. The van der Waals surface area contributed by atoms with E-state index >= 15 is 0 Å². The topological polar surface area (TPSA) is 26.3 Å². The zero-order valence-electron chi connectivity index (χ0n) is 15.1. The van der Waals surface area contributed by atoms with Crippen LogP contribution in [-0.4, -0.2) is 27.7 Å². The second-order valence-corrected chi connectivity index (χ2v) is 12.4. The van der Waals surface area contributed by atoms with Crippen molar-refractivity contribution in [2.24, 2.45) is 34.5 Å². The Morgan fingerprint density at radius 1 is 1.13 bits per heavy atom. The highest BCUT2D eigenvalue weighted by atomic mass is 32.2. The number of ether oxygens (including phenoxy) is 1. The van der Waals surface area contributed by atoms with E-state index in [0.29, 0.717) is 21.3 Å². The van der Waals surface area contributed by atoms with E-state index < -0.39 is 0 Å². The van der Waals surface area contributed by atoms with E-state index in [2.05, 4.69) is 51.2 Å². The first-order chi connectivity index (χ1) is 10.7. The molecule has 0 bridgehead atoms. The van der Waals surface area contributed by atoms with Crippen molar-refractivity contribution in [2.45, 2.75) is 64.1 Å². The lowest BCUT2D eigenvalue weighted by molar-refractivity contribution is -0.155. The van der Waals surface area contributed by atoms with Crippen LogP contribution in [0.2, 0.25) is 0 Å². The van der Waals surface area contributed by atoms with Gasteiger partial charge in [-0.1, -0.05) is 27.7 Å². The van der Waals surface area contributed by atoms with E-state index in [1.54, 1.807) is 6.92 Å². The quantitative estimate of drug-likeness (QED) is 0.631. The summed E-state index contributed by atoms with van der Waals surface area (Å²) in [5, 5.41) is 0. The zero-order chi connectivity index (χ0) is 16.6. The first kappa shape index (κ1) is 16.6. The van der Waals surface area contributed by atoms with Gasteiger partial charge in [-0.05, 0) is 42.4 Å². The Morgan fingerprint density at radius 2 is 1.78 bits per heavy atom. The Hall–Kier alpha value is 0.170. The van der Waals surface area contributed by atoms with Gasteiger partial charge in [0.2, 0.25) is 0 Å². The molecule has 1 heterocycles. The molecule has 23 heavy (non-hydrogen) atoms. The lowest BCUT2D eigenvalue weighted by Crippen LogP contribution is -2.40. The molecule has 1 saturated heterocycles. The summed E-state index contributed by atoms with van der Waals surface area (Å²) in [5.41, 5.74) is 0.564. The SMILES string of the molecule is CC(=O)OC1C2CC3(SCCS3)C(C)C2C2C(C)(C)CCC12C. The predicted octanol–water partition coefficient (Wildman–Crippen LogP) is 4.82. The van der Waals surface area contributed by atoms with Gasteiger partial charge in [0, 0.05) is 29.8 Å². The van der Waals surface area contributed by atoms with Crippen molar-refractivity contribution in [1.29, 1.82) is 0 Å². The summed E-state index contributed by atoms with van der Waals surface area (Å²) >= 11 is 4.39. The molecule has 4 rings (SSSR count). The molecule has 3 aliphatic carbocycles. The Kier molecular flexibility index (Phi) is 3.68. The van der Waals surface area contributed by atoms with Crippen molar-refractivity contribution >= 4 is 29.5 Å². The van der Waals surface area contributed by atoms with Gasteiger partial charge in [-0.3, -0.25) is 4.79 Å². The molecule has 0 aromatic heterocycles. The third kappa shape index (κ3) is 2.12. The Balaban J connectivity index is 1.76. The van der Waals surface area contributed by atoms with Gasteiger partial charge in [-0.15, -0.1) is 23.5 Å².